The topological polar surface area (TPSA) is 71.2 Å². The lowest BCUT2D eigenvalue weighted by Gasteiger charge is -2.37. The highest BCUT2D eigenvalue weighted by atomic mass is 16.5. The summed E-state index contributed by atoms with van der Waals surface area (Å²) in [6.07, 6.45) is 8.52. The Bertz CT molecular complexity index is 696. The van der Waals surface area contributed by atoms with Crippen LogP contribution >= 0.6 is 0 Å². The van der Waals surface area contributed by atoms with E-state index in [0.29, 0.717) is 12.0 Å². The number of hydrogen-bond donors (Lipinski definition) is 0. The number of likely N-dealkylation sites (tertiary alicyclic amines) is 1. The third-order valence-electron chi connectivity index (χ3n) is 5.13. The summed E-state index contributed by atoms with van der Waals surface area (Å²) >= 11 is 0. The van der Waals surface area contributed by atoms with Gasteiger partial charge in [-0.05, 0) is 46.2 Å². The monoisotopic (exact) mass is 342 g/mol. The highest BCUT2D eigenvalue weighted by Gasteiger charge is 2.30. The fourth-order valence-corrected chi connectivity index (χ4v) is 3.45. The summed E-state index contributed by atoms with van der Waals surface area (Å²) < 4.78 is 5.38. The maximum absolute atomic E-state index is 5.38. The van der Waals surface area contributed by atoms with Crippen molar-refractivity contribution in [3.05, 3.63) is 35.5 Å². The van der Waals surface area contributed by atoms with Gasteiger partial charge in [-0.15, -0.1) is 0 Å². The van der Waals surface area contributed by atoms with E-state index in [-0.39, 0.29) is 0 Å². The molecule has 1 aliphatic carbocycles. The van der Waals surface area contributed by atoms with Crippen molar-refractivity contribution in [3.63, 3.8) is 0 Å². The Morgan fingerprint density at radius 3 is 2.88 bits per heavy atom. The minimum atomic E-state index is 0.520. The predicted octanol–water partition coefficient (Wildman–Crippen LogP) is 2.14. The summed E-state index contributed by atoms with van der Waals surface area (Å²) in [7, 11) is 2.18. The average molecular weight is 342 g/mol. The molecule has 2 aliphatic rings. The van der Waals surface area contributed by atoms with Gasteiger partial charge in [-0.25, -0.2) is 0 Å². The SMILES string of the molecule is Cc1cnc(CN(C)C2CCCN(Cc3noc(C4CC4)n3)C2)cn1. The molecule has 1 aliphatic heterocycles. The van der Waals surface area contributed by atoms with Gasteiger partial charge in [-0.3, -0.25) is 19.8 Å². The van der Waals surface area contributed by atoms with E-state index in [2.05, 4.69) is 37.0 Å². The minimum absolute atomic E-state index is 0.520. The Balaban J connectivity index is 1.32. The number of nitrogens with zero attached hydrogens (tertiary/aromatic N) is 6. The van der Waals surface area contributed by atoms with Gasteiger partial charge in [0.05, 0.1) is 17.9 Å². The molecule has 7 heteroatoms. The van der Waals surface area contributed by atoms with E-state index in [1.54, 1.807) is 0 Å². The first-order valence-electron chi connectivity index (χ1n) is 9.20. The zero-order chi connectivity index (χ0) is 17.2. The molecule has 134 valence electrons. The Morgan fingerprint density at radius 2 is 2.12 bits per heavy atom. The van der Waals surface area contributed by atoms with Crippen LogP contribution in [-0.4, -0.2) is 56.1 Å². The molecule has 2 aromatic heterocycles. The van der Waals surface area contributed by atoms with Gasteiger partial charge >= 0.3 is 0 Å². The zero-order valence-electron chi connectivity index (χ0n) is 15.1. The quantitative estimate of drug-likeness (QED) is 0.796. The maximum atomic E-state index is 5.38. The van der Waals surface area contributed by atoms with Gasteiger partial charge in [0.25, 0.3) is 0 Å². The average Bonchev–Trinajstić information content (AvgIpc) is 3.37. The highest BCUT2D eigenvalue weighted by molar-refractivity contribution is 5.02. The van der Waals surface area contributed by atoms with Crippen molar-refractivity contribution in [1.82, 2.24) is 29.9 Å². The summed E-state index contributed by atoms with van der Waals surface area (Å²) in [5.74, 6) is 2.19. The van der Waals surface area contributed by atoms with Crippen LogP contribution in [0.25, 0.3) is 0 Å². The molecule has 0 amide bonds. The van der Waals surface area contributed by atoms with Gasteiger partial charge in [0, 0.05) is 37.4 Å². The first-order chi connectivity index (χ1) is 12.2. The summed E-state index contributed by atoms with van der Waals surface area (Å²) in [6, 6.07) is 0.520. The molecule has 4 rings (SSSR count). The molecule has 0 N–H and O–H groups in total. The van der Waals surface area contributed by atoms with Gasteiger partial charge < -0.3 is 4.52 Å². The summed E-state index contributed by atoms with van der Waals surface area (Å²) in [5.41, 5.74) is 1.98. The molecular weight excluding hydrogens is 316 g/mol. The number of aryl methyl sites for hydroxylation is 1. The molecule has 1 saturated carbocycles. The molecule has 3 heterocycles. The molecule has 1 unspecified atom stereocenters. The molecule has 1 atom stereocenters. The van der Waals surface area contributed by atoms with Crippen LogP contribution in [-0.2, 0) is 13.1 Å². The number of rotatable bonds is 6. The molecule has 2 aromatic rings. The molecule has 7 nitrogen and oxygen atoms in total. The van der Waals surface area contributed by atoms with Gasteiger partial charge in [0.1, 0.15) is 0 Å². The first-order valence-corrected chi connectivity index (χ1v) is 9.20. The second kappa shape index (κ2) is 7.17. The summed E-state index contributed by atoms with van der Waals surface area (Å²) in [4.78, 5) is 18.2. The van der Waals surface area contributed by atoms with Gasteiger partial charge in [-0.2, -0.15) is 4.98 Å². The van der Waals surface area contributed by atoms with Gasteiger partial charge in [0.15, 0.2) is 5.82 Å². The number of piperidine rings is 1. The predicted molar refractivity (Wildman–Crippen MR) is 92.8 cm³/mol. The molecule has 25 heavy (non-hydrogen) atoms. The van der Waals surface area contributed by atoms with E-state index >= 15 is 0 Å². The van der Waals surface area contributed by atoms with Crippen LogP contribution in [0.3, 0.4) is 0 Å². The molecular formula is C18H26N6O. The van der Waals surface area contributed by atoms with Crippen LogP contribution in [0.2, 0.25) is 0 Å². The normalized spacial score (nSPS) is 21.8. The lowest BCUT2D eigenvalue weighted by Crippen LogP contribution is -2.46. The fourth-order valence-electron chi connectivity index (χ4n) is 3.45. The molecule has 0 aromatic carbocycles. The second-order valence-corrected chi connectivity index (χ2v) is 7.42. The van der Waals surface area contributed by atoms with Gasteiger partial charge in [-0.1, -0.05) is 5.16 Å². The van der Waals surface area contributed by atoms with Gasteiger partial charge in [0.2, 0.25) is 5.89 Å². The van der Waals surface area contributed by atoms with Crippen molar-refractivity contribution >= 4 is 0 Å². The fraction of sp³-hybridized carbons (Fsp3) is 0.667. The van der Waals surface area contributed by atoms with Crippen molar-refractivity contribution < 1.29 is 4.52 Å². The molecule has 0 bridgehead atoms. The lowest BCUT2D eigenvalue weighted by atomic mass is 10.0. The molecule has 0 radical (unpaired) electrons. The Hall–Kier alpha value is -1.86. The van der Waals surface area contributed by atoms with Crippen molar-refractivity contribution in [3.8, 4) is 0 Å². The van der Waals surface area contributed by atoms with Crippen molar-refractivity contribution in [2.24, 2.45) is 0 Å². The van der Waals surface area contributed by atoms with Crippen LogP contribution in [0.5, 0.6) is 0 Å². The van der Waals surface area contributed by atoms with Crippen molar-refractivity contribution in [1.29, 1.82) is 0 Å². The molecule has 0 spiro atoms. The van der Waals surface area contributed by atoms with E-state index in [0.717, 1.165) is 49.3 Å². The van der Waals surface area contributed by atoms with E-state index in [9.17, 15) is 0 Å². The summed E-state index contributed by atoms with van der Waals surface area (Å²) in [6.45, 7) is 5.71. The number of hydrogen-bond acceptors (Lipinski definition) is 7. The van der Waals surface area contributed by atoms with Crippen molar-refractivity contribution in [2.75, 3.05) is 20.1 Å². The van der Waals surface area contributed by atoms with Crippen LogP contribution in [0, 0.1) is 6.92 Å². The Morgan fingerprint density at radius 1 is 1.24 bits per heavy atom. The van der Waals surface area contributed by atoms with Crippen LogP contribution in [0.4, 0.5) is 0 Å². The Labute approximate surface area is 148 Å². The van der Waals surface area contributed by atoms with Crippen LogP contribution in [0.1, 0.15) is 54.7 Å². The maximum Gasteiger partial charge on any atom is 0.229 e. The number of aromatic nitrogens is 4. The van der Waals surface area contributed by atoms with E-state index in [1.807, 2.05) is 19.3 Å². The standard InChI is InChI=1S/C18H26N6O/c1-13-8-20-15(9-19-13)10-23(2)16-4-3-7-24(11-16)12-17-21-18(25-22-17)14-5-6-14/h8-9,14,16H,3-7,10-12H2,1-2H3. The first kappa shape index (κ1) is 16.6. The second-order valence-electron chi connectivity index (χ2n) is 7.42. The number of likely N-dealkylation sites (N-methyl/N-ethyl adjacent to an activating group) is 1. The third kappa shape index (κ3) is 4.22. The minimum Gasteiger partial charge on any atom is -0.339 e. The van der Waals surface area contributed by atoms with E-state index < -0.39 is 0 Å². The lowest BCUT2D eigenvalue weighted by molar-refractivity contribution is 0.104. The third-order valence-corrected chi connectivity index (χ3v) is 5.13. The highest BCUT2D eigenvalue weighted by Crippen LogP contribution is 2.38. The summed E-state index contributed by atoms with van der Waals surface area (Å²) in [5, 5.41) is 4.16. The van der Waals surface area contributed by atoms with E-state index in [1.165, 1.54) is 25.7 Å². The molecule has 1 saturated heterocycles. The largest absolute Gasteiger partial charge is 0.339 e. The van der Waals surface area contributed by atoms with Crippen LogP contribution < -0.4 is 0 Å². The zero-order valence-corrected chi connectivity index (χ0v) is 15.1. The van der Waals surface area contributed by atoms with Crippen molar-refractivity contribution in [2.45, 2.75) is 57.7 Å². The Kier molecular flexibility index (Phi) is 4.76. The van der Waals surface area contributed by atoms with E-state index in [4.69, 9.17) is 4.52 Å². The smallest absolute Gasteiger partial charge is 0.229 e. The van der Waals surface area contributed by atoms with Crippen LogP contribution in [0.15, 0.2) is 16.9 Å². The molecule has 2 fully saturated rings.